The third-order valence-corrected chi connectivity index (χ3v) is 6.90. The zero-order valence-electron chi connectivity index (χ0n) is 14.1. The van der Waals surface area contributed by atoms with Gasteiger partial charge in [-0.2, -0.15) is 0 Å². The van der Waals surface area contributed by atoms with E-state index in [1.807, 2.05) is 0 Å². The summed E-state index contributed by atoms with van der Waals surface area (Å²) in [6, 6.07) is 7.58. The van der Waals surface area contributed by atoms with E-state index in [4.69, 9.17) is 39.5 Å². The minimum atomic E-state index is -3.42. The molecular weight excluding hydrogens is 435 g/mol. The number of rotatable bonds is 4. The third kappa shape index (κ3) is 4.27. The second kappa shape index (κ2) is 7.75. The van der Waals surface area contributed by atoms with Gasteiger partial charge in [-0.3, -0.25) is 9.10 Å². The van der Waals surface area contributed by atoms with Crippen LogP contribution in [0.25, 0.3) is 0 Å². The van der Waals surface area contributed by atoms with Gasteiger partial charge in [-0.15, -0.1) is 0 Å². The number of nitrogens with one attached hydrogen (secondary N) is 1. The molecule has 0 unspecified atom stereocenters. The van der Waals surface area contributed by atoms with E-state index < -0.39 is 15.9 Å². The molecule has 144 valence electrons. The van der Waals surface area contributed by atoms with Gasteiger partial charge in [-0.1, -0.05) is 34.8 Å². The normalized spacial score (nSPS) is 15.6. The maximum Gasteiger partial charge on any atom is 0.257 e. The number of hydrogen-bond acceptors (Lipinski definition) is 4. The second-order valence-electron chi connectivity index (χ2n) is 5.86. The summed E-state index contributed by atoms with van der Waals surface area (Å²) in [5.74, 6) is -0.0274. The topological polar surface area (TPSA) is 75.7 Å². The van der Waals surface area contributed by atoms with Crippen LogP contribution in [0.1, 0.15) is 16.8 Å². The van der Waals surface area contributed by atoms with Gasteiger partial charge in [0.05, 0.1) is 34.2 Å². The molecule has 1 aliphatic rings. The number of hydrogen-bond donors (Lipinski definition) is 1. The minimum absolute atomic E-state index is 0.0310. The van der Waals surface area contributed by atoms with Crippen molar-refractivity contribution >= 4 is 62.1 Å². The third-order valence-electron chi connectivity index (χ3n) is 4.01. The Balaban J connectivity index is 1.96. The number of sulfonamides is 1. The summed E-state index contributed by atoms with van der Waals surface area (Å²) in [5.41, 5.74) is 0.756. The molecule has 0 bridgehead atoms. The van der Waals surface area contributed by atoms with Crippen LogP contribution in [-0.2, 0) is 10.0 Å². The van der Waals surface area contributed by atoms with Crippen molar-refractivity contribution in [2.24, 2.45) is 0 Å². The molecule has 6 nitrogen and oxygen atoms in total. The number of halogens is 3. The first-order valence-corrected chi connectivity index (χ1v) is 10.6. The molecule has 1 saturated heterocycles. The molecule has 0 spiro atoms. The van der Waals surface area contributed by atoms with E-state index in [0.29, 0.717) is 35.1 Å². The molecule has 0 radical (unpaired) electrons. The molecule has 2 aromatic rings. The van der Waals surface area contributed by atoms with Gasteiger partial charge in [0.25, 0.3) is 5.91 Å². The van der Waals surface area contributed by atoms with Crippen molar-refractivity contribution in [2.75, 3.05) is 29.0 Å². The van der Waals surface area contributed by atoms with Gasteiger partial charge in [0.2, 0.25) is 10.0 Å². The van der Waals surface area contributed by atoms with Crippen LogP contribution in [0.4, 0.5) is 11.4 Å². The molecule has 0 aliphatic carbocycles. The van der Waals surface area contributed by atoms with Crippen molar-refractivity contribution in [3.8, 4) is 5.75 Å². The van der Waals surface area contributed by atoms with Crippen LogP contribution in [-0.4, -0.2) is 33.7 Å². The highest BCUT2D eigenvalue weighted by Crippen LogP contribution is 2.35. The minimum Gasteiger partial charge on any atom is -0.497 e. The second-order valence-corrected chi connectivity index (χ2v) is 9.10. The molecule has 1 fully saturated rings. The number of anilines is 2. The van der Waals surface area contributed by atoms with Gasteiger partial charge in [-0.25, -0.2) is 8.42 Å². The molecule has 1 aliphatic heterocycles. The smallest absolute Gasteiger partial charge is 0.257 e. The maximum atomic E-state index is 12.7. The largest absolute Gasteiger partial charge is 0.497 e. The van der Waals surface area contributed by atoms with Gasteiger partial charge in [0.15, 0.2) is 0 Å². The number of methoxy groups -OCH3 is 1. The molecular formula is C17H15Cl3N2O4S. The van der Waals surface area contributed by atoms with E-state index in [2.05, 4.69) is 5.32 Å². The predicted molar refractivity (Wildman–Crippen MR) is 108 cm³/mol. The van der Waals surface area contributed by atoms with Gasteiger partial charge >= 0.3 is 0 Å². The molecule has 27 heavy (non-hydrogen) atoms. The van der Waals surface area contributed by atoms with Crippen LogP contribution in [0, 0.1) is 0 Å². The van der Waals surface area contributed by atoms with Crippen molar-refractivity contribution in [1.82, 2.24) is 0 Å². The highest BCUT2D eigenvalue weighted by molar-refractivity contribution is 7.93. The summed E-state index contributed by atoms with van der Waals surface area (Å²) >= 11 is 18.3. The first-order chi connectivity index (χ1) is 12.7. The van der Waals surface area contributed by atoms with Crippen LogP contribution in [0.3, 0.4) is 0 Å². The van der Waals surface area contributed by atoms with E-state index in [1.165, 1.54) is 23.5 Å². The van der Waals surface area contributed by atoms with Crippen LogP contribution in [0.15, 0.2) is 30.3 Å². The zero-order chi connectivity index (χ0) is 19.8. The Labute approximate surface area is 172 Å². The van der Waals surface area contributed by atoms with E-state index in [9.17, 15) is 13.2 Å². The lowest BCUT2D eigenvalue weighted by Crippen LogP contribution is -2.25. The standard InChI is InChI=1S/C17H15Cl3N2O4S/c1-26-13-6-10(18)5-11(7-13)21-17(23)14-8-12(9-15(19)16(14)20)22-3-2-4-27(22,24)25/h5-9H,2-4H2,1H3,(H,21,23). The number of carbonyl (C=O) groups excluding carboxylic acids is 1. The zero-order valence-corrected chi connectivity index (χ0v) is 17.2. The molecule has 1 heterocycles. The van der Waals surface area contributed by atoms with Gasteiger partial charge < -0.3 is 10.1 Å². The number of benzene rings is 2. The van der Waals surface area contributed by atoms with Gasteiger partial charge in [0.1, 0.15) is 5.75 Å². The molecule has 1 amide bonds. The Morgan fingerprint density at radius 2 is 1.89 bits per heavy atom. The summed E-state index contributed by atoms with van der Waals surface area (Å²) < 4.78 is 30.7. The number of nitrogens with zero attached hydrogens (tertiary/aromatic N) is 1. The van der Waals surface area contributed by atoms with Crippen molar-refractivity contribution in [3.05, 3.63) is 51.0 Å². The lowest BCUT2D eigenvalue weighted by molar-refractivity contribution is 0.102. The first kappa shape index (κ1) is 20.1. The highest BCUT2D eigenvalue weighted by Gasteiger charge is 2.30. The van der Waals surface area contributed by atoms with Crippen LogP contribution in [0.5, 0.6) is 5.75 Å². The molecule has 0 saturated carbocycles. The molecule has 0 atom stereocenters. The van der Waals surface area contributed by atoms with Crippen molar-refractivity contribution in [1.29, 1.82) is 0 Å². The van der Waals surface area contributed by atoms with Crippen LogP contribution < -0.4 is 14.4 Å². The Kier molecular flexibility index (Phi) is 5.76. The molecule has 1 N–H and O–H groups in total. The average molecular weight is 450 g/mol. The molecule has 0 aromatic heterocycles. The number of carbonyl (C=O) groups is 1. The maximum absolute atomic E-state index is 12.7. The fourth-order valence-corrected chi connectivity index (χ4v) is 4.95. The fourth-order valence-electron chi connectivity index (χ4n) is 2.76. The Bertz CT molecular complexity index is 1010. The lowest BCUT2D eigenvalue weighted by Gasteiger charge is -2.19. The van der Waals surface area contributed by atoms with Crippen molar-refractivity contribution in [3.63, 3.8) is 0 Å². The SMILES string of the molecule is COc1cc(Cl)cc(NC(=O)c2cc(N3CCCS3(=O)=O)cc(Cl)c2Cl)c1. The number of ether oxygens (including phenoxy) is 1. The fraction of sp³-hybridized carbons (Fsp3) is 0.235. The summed E-state index contributed by atoms with van der Waals surface area (Å²) in [6.07, 6.45) is 0.506. The van der Waals surface area contributed by atoms with E-state index in [1.54, 1.807) is 18.2 Å². The monoisotopic (exact) mass is 448 g/mol. The average Bonchev–Trinajstić information content (AvgIpc) is 2.95. The quantitative estimate of drug-likeness (QED) is 0.748. The van der Waals surface area contributed by atoms with Crippen LogP contribution in [0.2, 0.25) is 15.1 Å². The van der Waals surface area contributed by atoms with Crippen molar-refractivity contribution in [2.45, 2.75) is 6.42 Å². The van der Waals surface area contributed by atoms with Gasteiger partial charge in [-0.05, 0) is 30.7 Å². The summed E-state index contributed by atoms with van der Waals surface area (Å²) in [5, 5.41) is 3.17. The first-order valence-electron chi connectivity index (χ1n) is 7.86. The Morgan fingerprint density at radius 3 is 2.52 bits per heavy atom. The molecule has 10 heteroatoms. The summed E-state index contributed by atoms with van der Waals surface area (Å²) in [4.78, 5) is 12.7. The Hall–Kier alpha value is -1.67. The van der Waals surface area contributed by atoms with Crippen molar-refractivity contribution < 1.29 is 17.9 Å². The molecule has 3 rings (SSSR count). The van der Waals surface area contributed by atoms with Crippen LogP contribution >= 0.6 is 34.8 Å². The van der Waals surface area contributed by atoms with E-state index >= 15 is 0 Å². The highest BCUT2D eigenvalue weighted by atomic mass is 35.5. The van der Waals surface area contributed by atoms with Gasteiger partial charge in [0, 0.05) is 23.3 Å². The Morgan fingerprint density at radius 1 is 1.15 bits per heavy atom. The number of amides is 1. The predicted octanol–water partition coefficient (Wildman–Crippen LogP) is 4.45. The summed E-state index contributed by atoms with van der Waals surface area (Å²) in [6.45, 7) is 0.326. The summed E-state index contributed by atoms with van der Waals surface area (Å²) in [7, 11) is -1.94. The van der Waals surface area contributed by atoms with E-state index in [-0.39, 0.29) is 21.4 Å². The van der Waals surface area contributed by atoms with E-state index in [0.717, 1.165) is 0 Å². The molecule has 2 aromatic carbocycles. The lowest BCUT2D eigenvalue weighted by atomic mass is 10.1.